The van der Waals surface area contributed by atoms with Crippen molar-refractivity contribution in [2.75, 3.05) is 6.54 Å². The lowest BCUT2D eigenvalue weighted by Gasteiger charge is -2.03. The Balaban J connectivity index is 1.86. The van der Waals surface area contributed by atoms with Gasteiger partial charge in [-0.05, 0) is 42.8 Å². The number of para-hydroxylation sites is 1. The molecular formula is C15H13FN2S2. The van der Waals surface area contributed by atoms with E-state index in [0.29, 0.717) is 17.9 Å². The van der Waals surface area contributed by atoms with Crippen molar-refractivity contribution in [2.24, 2.45) is 5.73 Å². The van der Waals surface area contributed by atoms with Crippen LogP contribution in [-0.2, 0) is 6.42 Å². The Morgan fingerprint density at radius 1 is 1.20 bits per heavy atom. The van der Waals surface area contributed by atoms with Crippen LogP contribution in [0.25, 0.3) is 10.2 Å². The molecule has 0 spiro atoms. The highest BCUT2D eigenvalue weighted by atomic mass is 32.2. The van der Waals surface area contributed by atoms with Gasteiger partial charge >= 0.3 is 0 Å². The first kappa shape index (κ1) is 13.5. The zero-order valence-electron chi connectivity index (χ0n) is 10.7. The Kier molecular flexibility index (Phi) is 4.00. The molecule has 2 N–H and O–H groups in total. The van der Waals surface area contributed by atoms with E-state index in [2.05, 4.69) is 4.98 Å². The third-order valence-corrected chi connectivity index (χ3v) is 5.05. The summed E-state index contributed by atoms with van der Waals surface area (Å²) in [5, 5.41) is 0. The molecule has 2 nitrogen and oxygen atoms in total. The lowest BCUT2D eigenvalue weighted by molar-refractivity contribution is 0.599. The van der Waals surface area contributed by atoms with E-state index in [-0.39, 0.29) is 5.82 Å². The van der Waals surface area contributed by atoms with Crippen LogP contribution in [0.2, 0.25) is 0 Å². The van der Waals surface area contributed by atoms with E-state index >= 15 is 0 Å². The molecule has 0 aliphatic carbocycles. The molecule has 0 unspecified atom stereocenters. The Labute approximate surface area is 124 Å². The highest BCUT2D eigenvalue weighted by Crippen LogP contribution is 2.35. The van der Waals surface area contributed by atoms with Gasteiger partial charge in [0, 0.05) is 0 Å². The largest absolute Gasteiger partial charge is 0.330 e. The molecule has 0 saturated heterocycles. The zero-order chi connectivity index (χ0) is 13.9. The van der Waals surface area contributed by atoms with E-state index < -0.39 is 0 Å². The molecule has 0 aliphatic rings. The van der Waals surface area contributed by atoms with Gasteiger partial charge in [-0.3, -0.25) is 0 Å². The van der Waals surface area contributed by atoms with Crippen molar-refractivity contribution in [3.63, 3.8) is 0 Å². The first-order chi connectivity index (χ1) is 9.76. The van der Waals surface area contributed by atoms with Gasteiger partial charge in [0.15, 0.2) is 4.34 Å². The second kappa shape index (κ2) is 5.91. The van der Waals surface area contributed by atoms with Crippen LogP contribution >= 0.6 is 23.1 Å². The maximum Gasteiger partial charge on any atom is 0.156 e. The summed E-state index contributed by atoms with van der Waals surface area (Å²) in [5.41, 5.74) is 7.37. The summed E-state index contributed by atoms with van der Waals surface area (Å²) < 4.78 is 16.0. The first-order valence-corrected chi connectivity index (χ1v) is 7.91. The maximum absolute atomic E-state index is 14.0. The highest BCUT2D eigenvalue weighted by molar-refractivity contribution is 8.01. The van der Waals surface area contributed by atoms with E-state index in [4.69, 9.17) is 5.73 Å². The van der Waals surface area contributed by atoms with Crippen LogP contribution < -0.4 is 5.73 Å². The number of nitrogens with zero attached hydrogens (tertiary/aromatic N) is 1. The predicted molar refractivity (Wildman–Crippen MR) is 82.9 cm³/mol. The molecule has 0 saturated carbocycles. The van der Waals surface area contributed by atoms with Crippen molar-refractivity contribution in [3.8, 4) is 0 Å². The van der Waals surface area contributed by atoms with Crippen molar-refractivity contribution < 1.29 is 4.39 Å². The van der Waals surface area contributed by atoms with Crippen molar-refractivity contribution in [1.82, 2.24) is 4.98 Å². The van der Waals surface area contributed by atoms with Crippen LogP contribution in [0.15, 0.2) is 51.7 Å². The second-order valence-corrected chi connectivity index (χ2v) is 6.67. The summed E-state index contributed by atoms with van der Waals surface area (Å²) in [5.74, 6) is -0.208. The number of rotatable bonds is 4. The number of fused-ring (bicyclic) bond motifs is 1. The second-order valence-electron chi connectivity index (χ2n) is 4.35. The first-order valence-electron chi connectivity index (χ1n) is 6.28. The summed E-state index contributed by atoms with van der Waals surface area (Å²) in [6, 6.07) is 13.2. The quantitative estimate of drug-likeness (QED) is 0.789. The molecule has 0 radical (unpaired) electrons. The Bertz CT molecular complexity index is 707. The van der Waals surface area contributed by atoms with E-state index in [9.17, 15) is 4.39 Å². The third kappa shape index (κ3) is 2.85. The van der Waals surface area contributed by atoms with Crippen LogP contribution in [0.1, 0.15) is 5.56 Å². The number of aromatic nitrogens is 1. The number of thiazole rings is 1. The lowest BCUT2D eigenvalue weighted by atomic mass is 10.1. The van der Waals surface area contributed by atoms with Gasteiger partial charge in [-0.15, -0.1) is 11.3 Å². The topological polar surface area (TPSA) is 38.9 Å². The summed E-state index contributed by atoms with van der Waals surface area (Å²) >= 11 is 2.95. The van der Waals surface area contributed by atoms with Crippen LogP contribution in [0.3, 0.4) is 0 Å². The molecule has 20 heavy (non-hydrogen) atoms. The molecule has 1 aromatic heterocycles. The number of halogens is 1. The number of hydrogen-bond donors (Lipinski definition) is 1. The monoisotopic (exact) mass is 304 g/mol. The number of nitrogens with two attached hydrogens (primary N) is 1. The standard InChI is InChI=1S/C15H13FN2S2/c16-11-9-10(7-8-17)5-6-13(11)19-15-18-12-3-1-2-4-14(12)20-15/h1-6,9H,7-8,17H2. The van der Waals surface area contributed by atoms with Crippen molar-refractivity contribution in [3.05, 3.63) is 53.8 Å². The highest BCUT2D eigenvalue weighted by Gasteiger charge is 2.09. The molecule has 3 rings (SSSR count). The summed E-state index contributed by atoms with van der Waals surface area (Å²) in [4.78, 5) is 5.10. The summed E-state index contributed by atoms with van der Waals surface area (Å²) in [7, 11) is 0. The molecule has 3 aromatic rings. The Morgan fingerprint density at radius 2 is 2.05 bits per heavy atom. The molecule has 5 heteroatoms. The smallest absolute Gasteiger partial charge is 0.156 e. The van der Waals surface area contributed by atoms with Gasteiger partial charge in [-0.1, -0.05) is 30.0 Å². The number of benzene rings is 2. The molecule has 102 valence electrons. The Hall–Kier alpha value is -1.43. The molecule has 2 aromatic carbocycles. The fourth-order valence-corrected chi connectivity index (χ4v) is 3.97. The summed E-state index contributed by atoms with van der Waals surface area (Å²) in [6.45, 7) is 0.532. The molecule has 0 amide bonds. The van der Waals surface area contributed by atoms with Gasteiger partial charge in [-0.25, -0.2) is 9.37 Å². The van der Waals surface area contributed by atoms with Crippen molar-refractivity contribution in [1.29, 1.82) is 0 Å². The molecular weight excluding hydrogens is 291 g/mol. The minimum absolute atomic E-state index is 0.208. The van der Waals surface area contributed by atoms with E-state index in [1.807, 2.05) is 30.3 Å². The minimum Gasteiger partial charge on any atom is -0.330 e. The molecule has 1 heterocycles. The van der Waals surface area contributed by atoms with E-state index in [0.717, 1.165) is 20.1 Å². The minimum atomic E-state index is -0.208. The SMILES string of the molecule is NCCc1ccc(Sc2nc3ccccc3s2)c(F)c1. The normalized spacial score (nSPS) is 11.1. The average Bonchev–Trinajstić information content (AvgIpc) is 2.84. The van der Waals surface area contributed by atoms with Gasteiger partial charge in [0.2, 0.25) is 0 Å². The summed E-state index contributed by atoms with van der Waals surface area (Å²) in [6.07, 6.45) is 0.697. The van der Waals surface area contributed by atoms with E-state index in [1.54, 1.807) is 23.5 Å². The van der Waals surface area contributed by atoms with E-state index in [1.165, 1.54) is 11.8 Å². The predicted octanol–water partition coefficient (Wildman–Crippen LogP) is 4.09. The fraction of sp³-hybridized carbons (Fsp3) is 0.133. The third-order valence-electron chi connectivity index (χ3n) is 2.90. The number of hydrogen-bond acceptors (Lipinski definition) is 4. The zero-order valence-corrected chi connectivity index (χ0v) is 12.3. The fourth-order valence-electron chi connectivity index (χ4n) is 1.94. The molecule has 0 fully saturated rings. The van der Waals surface area contributed by atoms with Crippen molar-refractivity contribution in [2.45, 2.75) is 15.7 Å². The average molecular weight is 304 g/mol. The van der Waals surface area contributed by atoms with Gasteiger partial charge in [0.1, 0.15) is 5.82 Å². The van der Waals surface area contributed by atoms with Crippen LogP contribution in [-0.4, -0.2) is 11.5 Å². The van der Waals surface area contributed by atoms with Gasteiger partial charge < -0.3 is 5.73 Å². The lowest BCUT2D eigenvalue weighted by Crippen LogP contribution is -2.02. The van der Waals surface area contributed by atoms with Crippen LogP contribution in [0.4, 0.5) is 4.39 Å². The van der Waals surface area contributed by atoms with Crippen molar-refractivity contribution >= 4 is 33.3 Å². The Morgan fingerprint density at radius 3 is 2.80 bits per heavy atom. The van der Waals surface area contributed by atoms with Gasteiger partial charge in [0.05, 0.1) is 15.1 Å². The van der Waals surface area contributed by atoms with Gasteiger partial charge in [0.25, 0.3) is 0 Å². The molecule has 0 atom stereocenters. The van der Waals surface area contributed by atoms with Gasteiger partial charge in [-0.2, -0.15) is 0 Å². The van der Waals surface area contributed by atoms with Crippen LogP contribution in [0, 0.1) is 5.82 Å². The maximum atomic E-state index is 14.0. The molecule has 0 bridgehead atoms. The molecule has 0 aliphatic heterocycles. The van der Waals surface area contributed by atoms with Crippen LogP contribution in [0.5, 0.6) is 0 Å².